The molecule has 1 saturated carbocycles. The number of carbonyl (C=O) groups is 1. The van der Waals surface area contributed by atoms with Gasteiger partial charge in [0.1, 0.15) is 5.82 Å². The van der Waals surface area contributed by atoms with Crippen molar-refractivity contribution in [3.8, 4) is 0 Å². The fourth-order valence-corrected chi connectivity index (χ4v) is 3.14. The molecule has 0 bridgehead atoms. The van der Waals surface area contributed by atoms with Gasteiger partial charge in [0.15, 0.2) is 0 Å². The van der Waals surface area contributed by atoms with E-state index in [9.17, 15) is 9.18 Å². The summed E-state index contributed by atoms with van der Waals surface area (Å²) in [5.41, 5.74) is 0.313. The molecule has 2 atom stereocenters. The molecule has 2 unspecified atom stereocenters. The molecule has 1 aromatic carbocycles. The average Bonchev–Trinajstić information content (AvgIpc) is 2.58. The van der Waals surface area contributed by atoms with E-state index in [0.717, 1.165) is 32.1 Å². The summed E-state index contributed by atoms with van der Waals surface area (Å²) in [6, 6.07) is 4.41. The van der Waals surface area contributed by atoms with Crippen molar-refractivity contribution in [2.75, 3.05) is 0 Å². The van der Waals surface area contributed by atoms with E-state index in [1.807, 2.05) is 0 Å². The molecule has 1 N–H and O–H groups in total. The lowest BCUT2D eigenvalue weighted by Crippen LogP contribution is -2.40. The minimum Gasteiger partial charge on any atom is -0.348 e. The molecule has 0 radical (unpaired) electrons. The molecule has 1 amide bonds. The molecule has 1 aromatic rings. The number of halogens is 3. The van der Waals surface area contributed by atoms with E-state index in [0.29, 0.717) is 5.56 Å². The molecule has 104 valence electrons. The van der Waals surface area contributed by atoms with Gasteiger partial charge in [-0.25, -0.2) is 4.39 Å². The first-order valence-electron chi connectivity index (χ1n) is 6.48. The van der Waals surface area contributed by atoms with Crippen LogP contribution < -0.4 is 5.32 Å². The molecule has 1 aliphatic carbocycles. The SMILES string of the molecule is O=C(NC1CCCCCC1Cl)c1cccc(F)c1Br. The van der Waals surface area contributed by atoms with Crippen LogP contribution in [0.2, 0.25) is 0 Å². The zero-order valence-corrected chi connectivity index (χ0v) is 12.8. The molecule has 1 fully saturated rings. The van der Waals surface area contributed by atoms with Gasteiger partial charge in [0, 0.05) is 6.04 Å². The van der Waals surface area contributed by atoms with Crippen LogP contribution in [0.5, 0.6) is 0 Å². The summed E-state index contributed by atoms with van der Waals surface area (Å²) in [5.74, 6) is -0.708. The molecule has 0 spiro atoms. The third kappa shape index (κ3) is 3.69. The van der Waals surface area contributed by atoms with Crippen LogP contribution in [0, 0.1) is 5.82 Å². The maximum absolute atomic E-state index is 13.4. The molecule has 19 heavy (non-hydrogen) atoms. The maximum Gasteiger partial charge on any atom is 0.252 e. The minimum absolute atomic E-state index is 0.0353. The van der Waals surface area contributed by atoms with Gasteiger partial charge in [0.05, 0.1) is 15.4 Å². The van der Waals surface area contributed by atoms with Crippen LogP contribution >= 0.6 is 27.5 Å². The van der Waals surface area contributed by atoms with Crippen molar-refractivity contribution < 1.29 is 9.18 Å². The quantitative estimate of drug-likeness (QED) is 0.628. The Hall–Kier alpha value is -0.610. The average molecular weight is 349 g/mol. The van der Waals surface area contributed by atoms with Crippen LogP contribution in [0.1, 0.15) is 42.5 Å². The number of nitrogens with one attached hydrogen (secondary N) is 1. The Morgan fingerprint density at radius 1 is 1.32 bits per heavy atom. The number of alkyl halides is 1. The van der Waals surface area contributed by atoms with E-state index in [4.69, 9.17) is 11.6 Å². The Morgan fingerprint density at radius 3 is 2.84 bits per heavy atom. The molecule has 5 heteroatoms. The summed E-state index contributed by atoms with van der Waals surface area (Å²) in [4.78, 5) is 12.2. The summed E-state index contributed by atoms with van der Waals surface area (Å²) >= 11 is 9.40. The molecule has 0 heterocycles. The topological polar surface area (TPSA) is 29.1 Å². The van der Waals surface area contributed by atoms with Gasteiger partial charge in [-0.05, 0) is 40.9 Å². The molecule has 0 aromatic heterocycles. The van der Waals surface area contributed by atoms with Crippen LogP contribution in [-0.4, -0.2) is 17.3 Å². The third-order valence-electron chi connectivity index (χ3n) is 3.44. The van der Waals surface area contributed by atoms with Crippen LogP contribution in [0.3, 0.4) is 0 Å². The first-order chi connectivity index (χ1) is 9.09. The predicted octanol–water partition coefficient (Wildman–Crippen LogP) is 4.26. The Labute approximate surface area is 125 Å². The van der Waals surface area contributed by atoms with Crippen molar-refractivity contribution >= 4 is 33.4 Å². The normalized spacial score (nSPS) is 23.7. The number of benzene rings is 1. The van der Waals surface area contributed by atoms with Crippen LogP contribution in [0.15, 0.2) is 22.7 Å². The highest BCUT2D eigenvalue weighted by molar-refractivity contribution is 9.10. The largest absolute Gasteiger partial charge is 0.348 e. The second-order valence-corrected chi connectivity index (χ2v) is 6.19. The van der Waals surface area contributed by atoms with E-state index in [1.165, 1.54) is 12.1 Å². The van der Waals surface area contributed by atoms with E-state index in [1.54, 1.807) is 6.07 Å². The lowest BCUT2D eigenvalue weighted by atomic mass is 10.1. The number of hydrogen-bond acceptors (Lipinski definition) is 1. The minimum atomic E-state index is -0.434. The summed E-state index contributed by atoms with van der Waals surface area (Å²) in [7, 11) is 0. The summed E-state index contributed by atoms with van der Waals surface area (Å²) in [5, 5.41) is 2.88. The second-order valence-electron chi connectivity index (χ2n) is 4.84. The number of amides is 1. The summed E-state index contributed by atoms with van der Waals surface area (Å²) in [6.07, 6.45) is 5.12. The lowest BCUT2D eigenvalue weighted by Gasteiger charge is -2.21. The highest BCUT2D eigenvalue weighted by Crippen LogP contribution is 2.24. The number of carbonyl (C=O) groups excluding carboxylic acids is 1. The van der Waals surface area contributed by atoms with E-state index in [-0.39, 0.29) is 21.8 Å². The first-order valence-corrected chi connectivity index (χ1v) is 7.71. The predicted molar refractivity (Wildman–Crippen MR) is 78.1 cm³/mol. The maximum atomic E-state index is 13.4. The van der Waals surface area contributed by atoms with Crippen molar-refractivity contribution in [1.82, 2.24) is 5.32 Å². The lowest BCUT2D eigenvalue weighted by molar-refractivity contribution is 0.0932. The first kappa shape index (κ1) is 14.8. The van der Waals surface area contributed by atoms with Crippen molar-refractivity contribution in [3.05, 3.63) is 34.1 Å². The van der Waals surface area contributed by atoms with Crippen molar-refractivity contribution in [2.45, 2.75) is 43.5 Å². The Balaban J connectivity index is 2.09. The third-order valence-corrected chi connectivity index (χ3v) is 4.77. The molecule has 1 aliphatic rings. The van der Waals surface area contributed by atoms with Gasteiger partial charge < -0.3 is 5.32 Å². The molecule has 2 rings (SSSR count). The molecular weight excluding hydrogens is 333 g/mol. The highest BCUT2D eigenvalue weighted by atomic mass is 79.9. The molecule has 0 saturated heterocycles. The Kier molecular flexibility index (Phi) is 5.22. The number of hydrogen-bond donors (Lipinski definition) is 1. The zero-order chi connectivity index (χ0) is 13.8. The number of rotatable bonds is 2. The van der Waals surface area contributed by atoms with E-state index < -0.39 is 5.82 Å². The van der Waals surface area contributed by atoms with E-state index >= 15 is 0 Å². The second kappa shape index (κ2) is 6.71. The molecule has 0 aliphatic heterocycles. The van der Waals surface area contributed by atoms with E-state index in [2.05, 4.69) is 21.2 Å². The van der Waals surface area contributed by atoms with Crippen molar-refractivity contribution in [1.29, 1.82) is 0 Å². The zero-order valence-electron chi connectivity index (χ0n) is 10.5. The standard InChI is InChI=1S/C14H16BrClFNO/c15-13-9(5-4-7-11(13)17)14(19)18-12-8-3-1-2-6-10(12)16/h4-5,7,10,12H,1-3,6,8H2,(H,18,19). The summed E-state index contributed by atoms with van der Waals surface area (Å²) < 4.78 is 13.6. The molecular formula is C14H16BrClFNO. The van der Waals surface area contributed by atoms with Gasteiger partial charge in [-0.15, -0.1) is 11.6 Å². The van der Waals surface area contributed by atoms with Gasteiger partial charge in [0.25, 0.3) is 5.91 Å². The van der Waals surface area contributed by atoms with Crippen LogP contribution in [0.4, 0.5) is 4.39 Å². The smallest absolute Gasteiger partial charge is 0.252 e. The van der Waals surface area contributed by atoms with Gasteiger partial charge in [-0.2, -0.15) is 0 Å². The fourth-order valence-electron chi connectivity index (χ4n) is 2.35. The van der Waals surface area contributed by atoms with Crippen LogP contribution in [0.25, 0.3) is 0 Å². The Bertz CT molecular complexity index is 469. The van der Waals surface area contributed by atoms with Gasteiger partial charge in [-0.3, -0.25) is 4.79 Å². The monoisotopic (exact) mass is 347 g/mol. The van der Waals surface area contributed by atoms with Crippen LogP contribution in [-0.2, 0) is 0 Å². The van der Waals surface area contributed by atoms with Crippen molar-refractivity contribution in [2.24, 2.45) is 0 Å². The van der Waals surface area contributed by atoms with Gasteiger partial charge >= 0.3 is 0 Å². The molecule has 2 nitrogen and oxygen atoms in total. The van der Waals surface area contributed by atoms with Crippen molar-refractivity contribution in [3.63, 3.8) is 0 Å². The van der Waals surface area contributed by atoms with Gasteiger partial charge in [0.2, 0.25) is 0 Å². The summed E-state index contributed by atoms with van der Waals surface area (Å²) in [6.45, 7) is 0. The Morgan fingerprint density at radius 2 is 2.05 bits per heavy atom. The van der Waals surface area contributed by atoms with Gasteiger partial charge in [-0.1, -0.05) is 25.3 Å². The highest BCUT2D eigenvalue weighted by Gasteiger charge is 2.24. The fraction of sp³-hybridized carbons (Fsp3) is 0.500.